The summed E-state index contributed by atoms with van der Waals surface area (Å²) >= 11 is 9.25. The molecule has 192 valence electrons. The quantitative estimate of drug-likeness (QED) is 0.0991. The third kappa shape index (κ3) is 8.19. The van der Waals surface area contributed by atoms with Crippen molar-refractivity contribution in [3.05, 3.63) is 123 Å². The van der Waals surface area contributed by atoms with Crippen LogP contribution in [-0.4, -0.2) is 24.7 Å². The average molecular weight is 594 g/mol. The smallest absolute Gasteiger partial charge is 0.343 e. The number of esters is 1. The highest BCUT2D eigenvalue weighted by Crippen LogP contribution is 2.23. The van der Waals surface area contributed by atoms with E-state index in [-0.39, 0.29) is 12.4 Å². The van der Waals surface area contributed by atoms with Gasteiger partial charge in [-0.25, -0.2) is 10.2 Å². The third-order valence-corrected chi connectivity index (χ3v) is 5.83. The number of nitrogens with one attached hydrogen (secondary N) is 1. The van der Waals surface area contributed by atoms with Crippen LogP contribution in [0, 0.1) is 0 Å². The van der Waals surface area contributed by atoms with Crippen molar-refractivity contribution in [2.45, 2.75) is 6.61 Å². The van der Waals surface area contributed by atoms with E-state index in [0.717, 1.165) is 10.0 Å². The van der Waals surface area contributed by atoms with Gasteiger partial charge in [-0.15, -0.1) is 0 Å². The molecule has 4 aromatic carbocycles. The second-order valence-electron chi connectivity index (χ2n) is 7.91. The maximum absolute atomic E-state index is 12.5. The molecule has 0 saturated carbocycles. The summed E-state index contributed by atoms with van der Waals surface area (Å²) in [5.41, 5.74) is 4.30. The fraction of sp³-hybridized carbons (Fsp3) is 0.0690. The van der Waals surface area contributed by atoms with Crippen LogP contribution >= 0.6 is 27.5 Å². The standard InChI is InChI=1S/C29H22BrClN2O5/c30-23-8-15-27(38-29(35)21-6-9-24(31)10-7-21)22(16-23)17-32-33-28(34)19-37-26-13-11-25(12-14-26)36-18-20-4-2-1-3-5-20/h1-17H,18-19H2,(H,33,34). The summed E-state index contributed by atoms with van der Waals surface area (Å²) < 4.78 is 17.5. The molecule has 7 nitrogen and oxygen atoms in total. The van der Waals surface area contributed by atoms with E-state index >= 15 is 0 Å². The first-order valence-corrected chi connectivity index (χ1v) is 12.6. The molecule has 4 rings (SSSR count). The number of hydrogen-bond donors (Lipinski definition) is 1. The predicted octanol–water partition coefficient (Wildman–Crippen LogP) is 6.43. The number of amides is 1. The third-order valence-electron chi connectivity index (χ3n) is 5.09. The van der Waals surface area contributed by atoms with Crippen molar-refractivity contribution in [1.29, 1.82) is 0 Å². The lowest BCUT2D eigenvalue weighted by molar-refractivity contribution is -0.123. The summed E-state index contributed by atoms with van der Waals surface area (Å²) in [5, 5.41) is 4.48. The van der Waals surface area contributed by atoms with E-state index in [4.69, 9.17) is 25.8 Å². The largest absolute Gasteiger partial charge is 0.489 e. The SMILES string of the molecule is O=C(COc1ccc(OCc2ccccc2)cc1)NN=Cc1cc(Br)ccc1OC(=O)c1ccc(Cl)cc1. The first-order chi connectivity index (χ1) is 18.5. The fourth-order valence-corrected chi connectivity index (χ4v) is 3.69. The lowest BCUT2D eigenvalue weighted by Gasteiger charge is -2.09. The van der Waals surface area contributed by atoms with Gasteiger partial charge in [-0.2, -0.15) is 5.10 Å². The van der Waals surface area contributed by atoms with Crippen molar-refractivity contribution in [1.82, 2.24) is 5.43 Å². The molecule has 0 aliphatic rings. The molecule has 0 saturated heterocycles. The van der Waals surface area contributed by atoms with E-state index in [0.29, 0.717) is 34.3 Å². The van der Waals surface area contributed by atoms with E-state index in [9.17, 15) is 9.59 Å². The van der Waals surface area contributed by atoms with E-state index in [1.165, 1.54) is 6.21 Å². The molecule has 38 heavy (non-hydrogen) atoms. The second kappa shape index (κ2) is 13.4. The van der Waals surface area contributed by atoms with Gasteiger partial charge in [-0.05, 0) is 72.3 Å². The zero-order valence-corrected chi connectivity index (χ0v) is 22.3. The zero-order chi connectivity index (χ0) is 26.7. The molecule has 0 radical (unpaired) electrons. The van der Waals surface area contributed by atoms with E-state index < -0.39 is 11.9 Å². The normalized spacial score (nSPS) is 10.7. The van der Waals surface area contributed by atoms with E-state index in [1.54, 1.807) is 66.7 Å². The molecule has 0 aromatic heterocycles. The van der Waals surface area contributed by atoms with Crippen LogP contribution < -0.4 is 19.6 Å². The minimum atomic E-state index is -0.549. The molecule has 0 unspecified atom stereocenters. The Morgan fingerprint density at radius 2 is 1.55 bits per heavy atom. The average Bonchev–Trinajstić information content (AvgIpc) is 2.93. The Morgan fingerprint density at radius 1 is 0.868 bits per heavy atom. The van der Waals surface area contributed by atoms with Crippen LogP contribution in [0.5, 0.6) is 17.2 Å². The van der Waals surface area contributed by atoms with Gasteiger partial charge in [-0.1, -0.05) is 57.9 Å². The van der Waals surface area contributed by atoms with Crippen molar-refractivity contribution in [2.24, 2.45) is 5.10 Å². The van der Waals surface area contributed by atoms with Gasteiger partial charge in [-0.3, -0.25) is 4.79 Å². The van der Waals surface area contributed by atoms with Gasteiger partial charge in [0.15, 0.2) is 6.61 Å². The zero-order valence-electron chi connectivity index (χ0n) is 20.0. The first kappa shape index (κ1) is 26.9. The molecule has 0 atom stereocenters. The summed E-state index contributed by atoms with van der Waals surface area (Å²) in [6, 6.07) is 28.3. The van der Waals surface area contributed by atoms with Crippen LogP contribution in [0.25, 0.3) is 0 Å². The number of rotatable bonds is 10. The van der Waals surface area contributed by atoms with Gasteiger partial charge in [0.2, 0.25) is 0 Å². The predicted molar refractivity (Wildman–Crippen MR) is 149 cm³/mol. The van der Waals surface area contributed by atoms with Crippen LogP contribution in [0.2, 0.25) is 5.02 Å². The number of ether oxygens (including phenoxy) is 3. The van der Waals surface area contributed by atoms with Gasteiger partial charge < -0.3 is 14.2 Å². The molecule has 0 heterocycles. The number of carbonyl (C=O) groups is 2. The van der Waals surface area contributed by atoms with E-state index in [1.807, 2.05) is 30.3 Å². The molecule has 4 aromatic rings. The Hall–Kier alpha value is -4.14. The Kier molecular flexibility index (Phi) is 9.50. The number of benzene rings is 4. The van der Waals surface area contributed by atoms with Crippen LogP contribution in [0.1, 0.15) is 21.5 Å². The first-order valence-electron chi connectivity index (χ1n) is 11.4. The Bertz CT molecular complexity index is 1410. The van der Waals surface area contributed by atoms with Crippen molar-refractivity contribution in [2.75, 3.05) is 6.61 Å². The molecule has 0 aliphatic heterocycles. The Labute approximate surface area is 233 Å². The van der Waals surface area contributed by atoms with Gasteiger partial charge in [0.1, 0.15) is 23.9 Å². The van der Waals surface area contributed by atoms with Crippen molar-refractivity contribution >= 4 is 45.6 Å². The number of nitrogens with zero attached hydrogens (tertiary/aromatic N) is 1. The molecular weight excluding hydrogens is 572 g/mol. The monoisotopic (exact) mass is 592 g/mol. The van der Waals surface area contributed by atoms with Crippen LogP contribution in [-0.2, 0) is 11.4 Å². The van der Waals surface area contributed by atoms with E-state index in [2.05, 4.69) is 26.5 Å². The van der Waals surface area contributed by atoms with Crippen molar-refractivity contribution in [3.63, 3.8) is 0 Å². The summed E-state index contributed by atoms with van der Waals surface area (Å²) in [6.07, 6.45) is 1.38. The van der Waals surface area contributed by atoms with Crippen LogP contribution in [0.4, 0.5) is 0 Å². The molecule has 0 spiro atoms. The highest BCUT2D eigenvalue weighted by atomic mass is 79.9. The minimum absolute atomic E-state index is 0.238. The summed E-state index contributed by atoms with van der Waals surface area (Å²) in [5.74, 6) is 0.473. The highest BCUT2D eigenvalue weighted by molar-refractivity contribution is 9.10. The Balaban J connectivity index is 1.27. The van der Waals surface area contributed by atoms with Gasteiger partial charge >= 0.3 is 5.97 Å². The molecule has 1 N–H and O–H groups in total. The van der Waals surface area contributed by atoms with Gasteiger partial charge in [0.05, 0.1) is 11.8 Å². The summed E-state index contributed by atoms with van der Waals surface area (Å²) in [4.78, 5) is 24.7. The molecular formula is C29H22BrClN2O5. The molecule has 0 bridgehead atoms. The lowest BCUT2D eigenvalue weighted by Crippen LogP contribution is -2.24. The molecule has 1 amide bonds. The number of carbonyl (C=O) groups excluding carboxylic acids is 2. The topological polar surface area (TPSA) is 86.2 Å². The second-order valence-corrected chi connectivity index (χ2v) is 9.26. The highest BCUT2D eigenvalue weighted by Gasteiger charge is 2.12. The fourth-order valence-electron chi connectivity index (χ4n) is 3.19. The molecule has 0 aliphatic carbocycles. The number of hydrazone groups is 1. The maximum atomic E-state index is 12.5. The minimum Gasteiger partial charge on any atom is -0.489 e. The maximum Gasteiger partial charge on any atom is 0.343 e. The summed E-state index contributed by atoms with van der Waals surface area (Å²) in [6.45, 7) is 0.222. The number of halogens is 2. The number of hydrogen-bond acceptors (Lipinski definition) is 6. The van der Waals surface area contributed by atoms with Gasteiger partial charge in [0.25, 0.3) is 5.91 Å². The van der Waals surface area contributed by atoms with Crippen LogP contribution in [0.3, 0.4) is 0 Å². The lowest BCUT2D eigenvalue weighted by atomic mass is 10.2. The molecule has 0 fully saturated rings. The Morgan fingerprint density at radius 3 is 2.26 bits per heavy atom. The van der Waals surface area contributed by atoms with Crippen LogP contribution in [0.15, 0.2) is 107 Å². The van der Waals surface area contributed by atoms with Gasteiger partial charge in [0, 0.05) is 15.1 Å². The molecule has 9 heteroatoms. The van der Waals surface area contributed by atoms with Crippen molar-refractivity contribution in [3.8, 4) is 17.2 Å². The summed E-state index contributed by atoms with van der Waals surface area (Å²) in [7, 11) is 0. The van der Waals surface area contributed by atoms with Crippen molar-refractivity contribution < 1.29 is 23.8 Å².